The third kappa shape index (κ3) is 3.56. The molecule has 2 rings (SSSR count). The average molecular weight is 356 g/mol. The van der Waals surface area contributed by atoms with Crippen molar-refractivity contribution in [3.05, 3.63) is 52.6 Å². The van der Waals surface area contributed by atoms with Crippen LogP contribution in [0.15, 0.2) is 52.0 Å². The van der Waals surface area contributed by atoms with Gasteiger partial charge in [-0.15, -0.1) is 0 Å². The van der Waals surface area contributed by atoms with Crippen LogP contribution < -0.4 is 10.0 Å². The van der Waals surface area contributed by atoms with Gasteiger partial charge < -0.3 is 5.32 Å². The minimum Gasteiger partial charge on any atom is -0.316 e. The molecule has 2 aromatic rings. The zero-order chi connectivity index (χ0) is 14.6. The number of halogens is 1. The largest absolute Gasteiger partial charge is 0.316 e. The van der Waals surface area contributed by atoms with Crippen molar-refractivity contribution in [1.82, 2.24) is 10.3 Å². The van der Waals surface area contributed by atoms with Gasteiger partial charge in [-0.05, 0) is 52.8 Å². The summed E-state index contributed by atoms with van der Waals surface area (Å²) in [5, 5.41) is 3.01. The molecule has 7 heteroatoms. The molecule has 0 amide bonds. The van der Waals surface area contributed by atoms with Gasteiger partial charge in [-0.25, -0.2) is 13.4 Å². The maximum absolute atomic E-state index is 12.3. The number of anilines is 1. The van der Waals surface area contributed by atoms with Gasteiger partial charge in [-0.3, -0.25) is 4.72 Å². The van der Waals surface area contributed by atoms with E-state index in [0.717, 1.165) is 5.56 Å². The first-order valence-electron chi connectivity index (χ1n) is 5.90. The summed E-state index contributed by atoms with van der Waals surface area (Å²) >= 11 is 3.30. The molecule has 0 spiro atoms. The number of nitrogens with zero attached hydrogens (tertiary/aromatic N) is 1. The second-order valence-electron chi connectivity index (χ2n) is 4.12. The van der Waals surface area contributed by atoms with E-state index >= 15 is 0 Å². The van der Waals surface area contributed by atoms with Gasteiger partial charge >= 0.3 is 0 Å². The molecule has 0 saturated carbocycles. The summed E-state index contributed by atoms with van der Waals surface area (Å²) in [6.07, 6.45) is 1.53. The van der Waals surface area contributed by atoms with E-state index in [-0.39, 0.29) is 4.90 Å². The van der Waals surface area contributed by atoms with Crippen LogP contribution in [0.4, 0.5) is 5.82 Å². The molecular weight excluding hydrogens is 342 g/mol. The van der Waals surface area contributed by atoms with Gasteiger partial charge in [0.1, 0.15) is 10.7 Å². The Morgan fingerprint density at radius 2 is 2.05 bits per heavy atom. The van der Waals surface area contributed by atoms with Gasteiger partial charge in [-0.2, -0.15) is 0 Å². The van der Waals surface area contributed by atoms with Crippen molar-refractivity contribution in [1.29, 1.82) is 0 Å². The predicted octanol–water partition coefficient (Wildman–Crippen LogP) is 2.36. The summed E-state index contributed by atoms with van der Waals surface area (Å²) in [6, 6.07) is 10.2. The van der Waals surface area contributed by atoms with Crippen molar-refractivity contribution in [3.8, 4) is 0 Å². The SMILES string of the molecule is CNCc1ccc(S(=O)(=O)Nc2ccccn2)c(Br)c1. The minimum absolute atomic E-state index is 0.183. The molecule has 2 N–H and O–H groups in total. The number of hydrogen-bond acceptors (Lipinski definition) is 4. The zero-order valence-corrected chi connectivity index (χ0v) is 13.2. The van der Waals surface area contributed by atoms with Crippen LogP contribution in [0.5, 0.6) is 0 Å². The highest BCUT2D eigenvalue weighted by Gasteiger charge is 2.18. The van der Waals surface area contributed by atoms with Crippen LogP contribution >= 0.6 is 15.9 Å². The lowest BCUT2D eigenvalue weighted by Gasteiger charge is -2.10. The maximum atomic E-state index is 12.3. The molecule has 1 heterocycles. The number of sulfonamides is 1. The second kappa shape index (κ2) is 6.34. The Kier molecular flexibility index (Phi) is 4.74. The molecule has 0 atom stereocenters. The summed E-state index contributed by atoms with van der Waals surface area (Å²) in [6.45, 7) is 0.673. The number of aromatic nitrogens is 1. The molecule has 0 saturated heterocycles. The molecule has 106 valence electrons. The quantitative estimate of drug-likeness (QED) is 0.863. The molecule has 0 fully saturated rings. The van der Waals surface area contributed by atoms with Crippen LogP contribution in [0.3, 0.4) is 0 Å². The van der Waals surface area contributed by atoms with Crippen molar-refractivity contribution in [2.24, 2.45) is 0 Å². The van der Waals surface area contributed by atoms with Crippen molar-refractivity contribution >= 4 is 31.8 Å². The number of hydrogen-bond donors (Lipinski definition) is 2. The first-order valence-corrected chi connectivity index (χ1v) is 8.17. The highest BCUT2D eigenvalue weighted by Crippen LogP contribution is 2.24. The van der Waals surface area contributed by atoms with E-state index in [1.54, 1.807) is 36.4 Å². The topological polar surface area (TPSA) is 71.1 Å². The molecule has 20 heavy (non-hydrogen) atoms. The number of nitrogens with one attached hydrogen (secondary N) is 2. The Hall–Kier alpha value is -1.44. The normalized spacial score (nSPS) is 11.3. The summed E-state index contributed by atoms with van der Waals surface area (Å²) < 4.78 is 27.6. The lowest BCUT2D eigenvalue weighted by Crippen LogP contribution is -2.15. The second-order valence-corrected chi connectivity index (χ2v) is 6.62. The van der Waals surface area contributed by atoms with E-state index in [4.69, 9.17) is 0 Å². The van der Waals surface area contributed by atoms with Crippen molar-refractivity contribution in [2.75, 3.05) is 11.8 Å². The Balaban J connectivity index is 2.30. The summed E-state index contributed by atoms with van der Waals surface area (Å²) in [5.41, 5.74) is 0.996. The fourth-order valence-electron chi connectivity index (χ4n) is 1.69. The molecule has 0 bridgehead atoms. The monoisotopic (exact) mass is 355 g/mol. The van der Waals surface area contributed by atoms with E-state index in [1.807, 2.05) is 7.05 Å². The first-order chi connectivity index (χ1) is 9.53. The van der Waals surface area contributed by atoms with Crippen molar-refractivity contribution < 1.29 is 8.42 Å². The Labute approximate surface area is 126 Å². The molecular formula is C13H14BrN3O2S. The molecule has 0 aliphatic heterocycles. The highest BCUT2D eigenvalue weighted by atomic mass is 79.9. The summed E-state index contributed by atoms with van der Waals surface area (Å²) in [7, 11) is -1.82. The van der Waals surface area contributed by atoms with Crippen LogP contribution in [0.2, 0.25) is 0 Å². The Bertz CT molecular complexity index is 690. The Morgan fingerprint density at radius 1 is 1.25 bits per heavy atom. The van der Waals surface area contributed by atoms with Gasteiger partial charge in [0, 0.05) is 17.2 Å². The fraction of sp³-hybridized carbons (Fsp3) is 0.154. The number of rotatable bonds is 5. The predicted molar refractivity (Wildman–Crippen MR) is 82.0 cm³/mol. The zero-order valence-electron chi connectivity index (χ0n) is 10.8. The molecule has 5 nitrogen and oxygen atoms in total. The fourth-order valence-corrected chi connectivity index (χ4v) is 3.83. The molecule has 0 unspecified atom stereocenters. The standard InChI is InChI=1S/C13H14BrN3O2S/c1-15-9-10-5-6-12(11(14)8-10)20(18,19)17-13-4-2-3-7-16-13/h2-8,15H,9H2,1H3,(H,16,17). The number of pyridine rings is 1. The van der Waals surface area contributed by atoms with E-state index in [1.165, 1.54) is 6.20 Å². The van der Waals surface area contributed by atoms with Gasteiger partial charge in [0.15, 0.2) is 0 Å². The molecule has 1 aromatic heterocycles. The molecule has 0 radical (unpaired) electrons. The summed E-state index contributed by atoms with van der Waals surface area (Å²) in [5.74, 6) is 0.290. The summed E-state index contributed by atoms with van der Waals surface area (Å²) in [4.78, 5) is 4.13. The molecule has 0 aliphatic rings. The average Bonchev–Trinajstić information content (AvgIpc) is 2.39. The minimum atomic E-state index is -3.66. The van der Waals surface area contributed by atoms with Gasteiger partial charge in [0.25, 0.3) is 10.0 Å². The van der Waals surface area contributed by atoms with E-state index in [9.17, 15) is 8.42 Å². The lowest BCUT2D eigenvalue weighted by molar-refractivity contribution is 0.600. The first kappa shape index (κ1) is 15.0. The lowest BCUT2D eigenvalue weighted by atomic mass is 10.2. The van der Waals surface area contributed by atoms with Gasteiger partial charge in [0.05, 0.1) is 0 Å². The number of benzene rings is 1. The maximum Gasteiger partial charge on any atom is 0.264 e. The Morgan fingerprint density at radius 3 is 2.65 bits per heavy atom. The van der Waals surface area contributed by atoms with Gasteiger partial charge in [0.2, 0.25) is 0 Å². The third-order valence-corrected chi connectivity index (χ3v) is 4.90. The molecule has 0 aliphatic carbocycles. The van der Waals surface area contributed by atoms with Crippen molar-refractivity contribution in [3.63, 3.8) is 0 Å². The molecule has 1 aromatic carbocycles. The van der Waals surface area contributed by atoms with E-state index < -0.39 is 10.0 Å². The smallest absolute Gasteiger partial charge is 0.264 e. The van der Waals surface area contributed by atoms with E-state index in [2.05, 4.69) is 31.0 Å². The van der Waals surface area contributed by atoms with Crippen LogP contribution in [0, 0.1) is 0 Å². The van der Waals surface area contributed by atoms with Gasteiger partial charge in [-0.1, -0.05) is 12.1 Å². The van der Waals surface area contributed by atoms with Crippen LogP contribution in [-0.4, -0.2) is 20.4 Å². The highest BCUT2D eigenvalue weighted by molar-refractivity contribution is 9.10. The van der Waals surface area contributed by atoms with Crippen LogP contribution in [-0.2, 0) is 16.6 Å². The van der Waals surface area contributed by atoms with E-state index in [0.29, 0.717) is 16.8 Å². The third-order valence-electron chi connectivity index (χ3n) is 2.57. The van der Waals surface area contributed by atoms with Crippen LogP contribution in [0.1, 0.15) is 5.56 Å². The van der Waals surface area contributed by atoms with Crippen LogP contribution in [0.25, 0.3) is 0 Å². The van der Waals surface area contributed by atoms with Crippen molar-refractivity contribution in [2.45, 2.75) is 11.4 Å².